The summed E-state index contributed by atoms with van der Waals surface area (Å²) in [6, 6.07) is 53.9. The zero-order chi connectivity index (χ0) is 40.2. The van der Waals surface area contributed by atoms with Crippen molar-refractivity contribution in [3.8, 4) is 67.5 Å². The summed E-state index contributed by atoms with van der Waals surface area (Å²) in [6.07, 6.45) is 3.65. The molecular weight excluding hydrogens is 904 g/mol. The molecule has 6 heteroatoms. The zero-order valence-corrected chi connectivity index (χ0v) is 36.3. The van der Waals surface area contributed by atoms with Crippen molar-refractivity contribution in [2.45, 2.75) is 52.4 Å². The van der Waals surface area contributed by atoms with Gasteiger partial charge in [0, 0.05) is 66.9 Å². The van der Waals surface area contributed by atoms with Crippen LogP contribution in [0.4, 0.5) is 0 Å². The molecule has 0 saturated carbocycles. The van der Waals surface area contributed by atoms with E-state index in [0.717, 1.165) is 78.1 Å². The summed E-state index contributed by atoms with van der Waals surface area (Å²) in [4.78, 5) is 15.0. The minimum absolute atomic E-state index is 0. The number of pyridine rings is 2. The van der Waals surface area contributed by atoms with E-state index in [4.69, 9.17) is 9.97 Å². The number of phenolic OH excluding ortho intramolecular Hbond substituents is 1. The van der Waals surface area contributed by atoms with Gasteiger partial charge in [-0.15, -0.1) is 29.8 Å². The van der Waals surface area contributed by atoms with Crippen molar-refractivity contribution in [1.82, 2.24) is 19.5 Å². The number of phenols is 1. The van der Waals surface area contributed by atoms with Crippen LogP contribution in [0.3, 0.4) is 0 Å². The molecule has 0 fully saturated rings. The van der Waals surface area contributed by atoms with E-state index in [0.29, 0.717) is 5.56 Å². The van der Waals surface area contributed by atoms with Crippen LogP contribution < -0.4 is 0 Å². The topological polar surface area (TPSA) is 63.8 Å². The van der Waals surface area contributed by atoms with Gasteiger partial charge in [-0.05, 0) is 87.5 Å². The second-order valence-corrected chi connectivity index (χ2v) is 17.1. The molecule has 294 valence electrons. The first kappa shape index (κ1) is 39.7. The Morgan fingerprint density at radius 2 is 1.25 bits per heavy atom. The number of aromatic nitrogens is 4. The van der Waals surface area contributed by atoms with Gasteiger partial charge in [0.15, 0.2) is 0 Å². The third-order valence-corrected chi connectivity index (χ3v) is 11.0. The van der Waals surface area contributed by atoms with Crippen LogP contribution in [-0.2, 0) is 31.9 Å². The van der Waals surface area contributed by atoms with Crippen LogP contribution >= 0.6 is 0 Å². The van der Waals surface area contributed by atoms with Gasteiger partial charge in [0.05, 0.1) is 22.6 Å². The fraction of sp³-hybridized carbons (Fsp3) is 0.151. The summed E-state index contributed by atoms with van der Waals surface area (Å²) in [5.41, 5.74) is 14.3. The molecule has 9 rings (SSSR count). The van der Waals surface area contributed by atoms with Crippen molar-refractivity contribution in [1.29, 1.82) is 0 Å². The molecule has 1 N–H and O–H groups in total. The van der Waals surface area contributed by atoms with Gasteiger partial charge in [0.25, 0.3) is 0 Å². The van der Waals surface area contributed by atoms with Gasteiger partial charge in [-0.3, -0.25) is 15.0 Å². The first-order chi connectivity index (χ1) is 27.9. The Kier molecular flexibility index (Phi) is 10.4. The summed E-state index contributed by atoms with van der Waals surface area (Å²) in [5.74, 6) is 0.920. The number of benzene rings is 6. The van der Waals surface area contributed by atoms with E-state index in [1.165, 1.54) is 11.1 Å². The maximum atomic E-state index is 11.5. The average molecular weight is 949 g/mol. The molecule has 5 nitrogen and oxygen atoms in total. The van der Waals surface area contributed by atoms with E-state index in [1.54, 1.807) is 12.3 Å². The zero-order valence-electron chi connectivity index (χ0n) is 34.1. The average Bonchev–Trinajstić information content (AvgIpc) is 3.63. The predicted octanol–water partition coefficient (Wildman–Crippen LogP) is 13.4. The Morgan fingerprint density at radius 3 is 2.02 bits per heavy atom. The molecule has 0 spiro atoms. The standard InChI is InChI=1S/C53H45N4O.Pt/c1-52(2,3)39-24-25-46(42(32-39)34-15-8-7-9-16-34)57-47-22-13-20-41(44-31-36(23-26-48(44)58)45-21-10-11-27-54-45)50(47)56-51(57)38-18-12-17-35(29-38)43-33-40(53(4,5)6)30-37-19-14-28-55-49(37)43;/h7-28,30-33,58H,1-6H3;/q-1;. The van der Waals surface area contributed by atoms with E-state index in [9.17, 15) is 5.11 Å². The molecule has 9 aromatic rings. The van der Waals surface area contributed by atoms with Gasteiger partial charge in [-0.2, -0.15) is 0 Å². The normalized spacial score (nSPS) is 11.8. The summed E-state index contributed by atoms with van der Waals surface area (Å²) in [6.45, 7) is 13.5. The number of aromatic hydroxyl groups is 1. The molecule has 6 aromatic carbocycles. The van der Waals surface area contributed by atoms with Gasteiger partial charge < -0.3 is 9.67 Å². The molecule has 0 unspecified atom stereocenters. The third kappa shape index (κ3) is 7.52. The van der Waals surface area contributed by atoms with Crippen LogP contribution in [0.2, 0.25) is 0 Å². The van der Waals surface area contributed by atoms with E-state index in [1.807, 2.05) is 54.7 Å². The maximum Gasteiger partial charge on any atom is 0.123 e. The first-order valence-electron chi connectivity index (χ1n) is 19.8. The molecule has 0 atom stereocenters. The number of hydrogen-bond donors (Lipinski definition) is 1. The second kappa shape index (κ2) is 15.5. The minimum Gasteiger partial charge on any atom is -0.507 e. The number of hydrogen-bond acceptors (Lipinski definition) is 4. The minimum atomic E-state index is -0.0638. The van der Waals surface area contributed by atoms with Crippen molar-refractivity contribution in [2.24, 2.45) is 0 Å². The molecule has 3 heterocycles. The van der Waals surface area contributed by atoms with E-state index in [2.05, 4.69) is 148 Å². The van der Waals surface area contributed by atoms with Crippen LogP contribution in [0, 0.1) is 6.07 Å². The summed E-state index contributed by atoms with van der Waals surface area (Å²) in [7, 11) is 0. The number of imidazole rings is 1. The Labute approximate surface area is 360 Å². The Bertz CT molecular complexity index is 2980. The van der Waals surface area contributed by atoms with E-state index in [-0.39, 0.29) is 37.6 Å². The summed E-state index contributed by atoms with van der Waals surface area (Å²) in [5, 5.41) is 12.6. The van der Waals surface area contributed by atoms with Crippen LogP contribution in [0.5, 0.6) is 5.75 Å². The largest absolute Gasteiger partial charge is 0.507 e. The molecule has 0 aliphatic rings. The van der Waals surface area contributed by atoms with Gasteiger partial charge in [-0.1, -0.05) is 125 Å². The fourth-order valence-corrected chi connectivity index (χ4v) is 7.82. The number of rotatable bonds is 6. The smallest absolute Gasteiger partial charge is 0.123 e. The van der Waals surface area contributed by atoms with Crippen molar-refractivity contribution in [3.05, 3.63) is 175 Å². The van der Waals surface area contributed by atoms with Crippen LogP contribution in [0.25, 0.3) is 83.6 Å². The van der Waals surface area contributed by atoms with Crippen molar-refractivity contribution >= 4 is 21.9 Å². The van der Waals surface area contributed by atoms with Gasteiger partial charge in [0.2, 0.25) is 0 Å². The van der Waals surface area contributed by atoms with Crippen molar-refractivity contribution in [3.63, 3.8) is 0 Å². The van der Waals surface area contributed by atoms with Crippen molar-refractivity contribution in [2.75, 3.05) is 0 Å². The maximum absolute atomic E-state index is 11.5. The molecule has 0 aliphatic carbocycles. The Hall–Kier alpha value is -6.16. The molecule has 0 amide bonds. The quantitative estimate of drug-likeness (QED) is 0.169. The predicted molar refractivity (Wildman–Crippen MR) is 239 cm³/mol. The van der Waals surface area contributed by atoms with Gasteiger partial charge in [-0.25, -0.2) is 0 Å². The first-order valence-corrected chi connectivity index (χ1v) is 19.8. The SMILES string of the molecule is CC(C)(C)c1ccc(-n2c(-c3[c-]c(-c4cc(C(C)(C)C)cc5cccnc45)ccc3)nc3c(-c4cc(-c5ccccn5)ccc4O)cccc32)c(-c2ccccc2)c1.[Pt]. The molecule has 0 aliphatic heterocycles. The van der Waals surface area contributed by atoms with Gasteiger partial charge >= 0.3 is 0 Å². The summed E-state index contributed by atoms with van der Waals surface area (Å²) >= 11 is 0. The van der Waals surface area contributed by atoms with Crippen LogP contribution in [0.1, 0.15) is 52.7 Å². The number of nitrogens with zero attached hydrogens (tertiary/aromatic N) is 4. The van der Waals surface area contributed by atoms with Crippen LogP contribution in [-0.4, -0.2) is 24.6 Å². The molecule has 0 bridgehead atoms. The molecule has 3 aromatic heterocycles. The molecule has 59 heavy (non-hydrogen) atoms. The second-order valence-electron chi connectivity index (χ2n) is 17.1. The monoisotopic (exact) mass is 948 g/mol. The van der Waals surface area contributed by atoms with Gasteiger partial charge in [0.1, 0.15) is 5.75 Å². The Morgan fingerprint density at radius 1 is 0.525 bits per heavy atom. The fourth-order valence-electron chi connectivity index (χ4n) is 7.82. The number of fused-ring (bicyclic) bond motifs is 2. The summed E-state index contributed by atoms with van der Waals surface area (Å²) < 4.78 is 2.27. The van der Waals surface area contributed by atoms with E-state index >= 15 is 0 Å². The Balaban J connectivity index is 0.00000484. The molecular formula is C53H45N4OPt-. The number of para-hydroxylation sites is 1. The van der Waals surface area contributed by atoms with Crippen LogP contribution in [0.15, 0.2) is 158 Å². The van der Waals surface area contributed by atoms with Crippen molar-refractivity contribution < 1.29 is 26.2 Å². The molecule has 0 saturated heterocycles. The molecule has 0 radical (unpaired) electrons. The third-order valence-electron chi connectivity index (χ3n) is 11.0. The van der Waals surface area contributed by atoms with E-state index < -0.39 is 0 Å².